The average molecular weight is 324 g/mol. The third-order valence-corrected chi connectivity index (χ3v) is 4.42. The van der Waals surface area contributed by atoms with Crippen LogP contribution >= 0.6 is 0 Å². The number of aliphatic hydroxyl groups is 2. The summed E-state index contributed by atoms with van der Waals surface area (Å²) in [6.07, 6.45) is 1.38. The largest absolute Gasteiger partial charge is 0.509 e. The second-order valence-corrected chi connectivity index (χ2v) is 6.72. The zero-order chi connectivity index (χ0) is 17.7. The van der Waals surface area contributed by atoms with Gasteiger partial charge in [-0.25, -0.2) is 4.79 Å². The summed E-state index contributed by atoms with van der Waals surface area (Å²) in [6, 6.07) is 0. The van der Waals surface area contributed by atoms with E-state index < -0.39 is 23.3 Å². The molecule has 5 nitrogen and oxygen atoms in total. The van der Waals surface area contributed by atoms with Crippen LogP contribution in [-0.4, -0.2) is 41.3 Å². The summed E-state index contributed by atoms with van der Waals surface area (Å²) in [6.45, 7) is 9.43. The highest BCUT2D eigenvalue weighted by molar-refractivity contribution is 5.62. The molecule has 0 amide bonds. The number of hydrogen-bond donors (Lipinski definition) is 2. The summed E-state index contributed by atoms with van der Waals surface area (Å²) in [5, 5.41) is 19.0. The van der Waals surface area contributed by atoms with Gasteiger partial charge < -0.3 is 19.7 Å². The number of aliphatic hydroxyl groups excluding tert-OH is 2. The Bertz CT molecular complexity index is 511. The second-order valence-electron chi connectivity index (χ2n) is 6.72. The molecule has 2 N–H and O–H groups in total. The number of allylic oxidation sites excluding steroid dienone is 1. The van der Waals surface area contributed by atoms with E-state index in [9.17, 15) is 9.90 Å². The molecular formula is C18H28O5. The molecule has 130 valence electrons. The van der Waals surface area contributed by atoms with Crippen molar-refractivity contribution in [3.05, 3.63) is 11.6 Å². The first-order valence-corrected chi connectivity index (χ1v) is 8.03. The highest BCUT2D eigenvalue weighted by atomic mass is 16.7. The Kier molecular flexibility index (Phi) is 6.67. The highest BCUT2D eigenvalue weighted by Gasteiger charge is 2.56. The van der Waals surface area contributed by atoms with Crippen molar-refractivity contribution in [1.82, 2.24) is 0 Å². The van der Waals surface area contributed by atoms with Gasteiger partial charge in [-0.1, -0.05) is 26.7 Å². The maximum absolute atomic E-state index is 12.0. The second kappa shape index (κ2) is 7.85. The van der Waals surface area contributed by atoms with Crippen LogP contribution in [0.3, 0.4) is 0 Å². The van der Waals surface area contributed by atoms with Gasteiger partial charge in [0.2, 0.25) is 0 Å². The summed E-state index contributed by atoms with van der Waals surface area (Å²) >= 11 is 0. The monoisotopic (exact) mass is 324 g/mol. The lowest BCUT2D eigenvalue weighted by atomic mass is 9.60. The van der Waals surface area contributed by atoms with Crippen molar-refractivity contribution in [1.29, 1.82) is 0 Å². The summed E-state index contributed by atoms with van der Waals surface area (Å²) < 4.78 is 10.6. The van der Waals surface area contributed by atoms with Gasteiger partial charge in [0.15, 0.2) is 5.60 Å². The molecule has 0 bridgehead atoms. The molecule has 0 spiro atoms. The third-order valence-electron chi connectivity index (χ3n) is 4.42. The number of carbonyl (C=O) groups is 1. The molecule has 0 aromatic carbocycles. The van der Waals surface area contributed by atoms with Crippen LogP contribution in [-0.2, 0) is 9.47 Å². The van der Waals surface area contributed by atoms with Gasteiger partial charge in [-0.05, 0) is 44.3 Å². The van der Waals surface area contributed by atoms with Crippen LogP contribution in [0.5, 0.6) is 0 Å². The number of ether oxygens (including phenoxy) is 2. The van der Waals surface area contributed by atoms with E-state index in [2.05, 4.69) is 11.8 Å². The third kappa shape index (κ3) is 4.49. The van der Waals surface area contributed by atoms with E-state index in [0.29, 0.717) is 18.4 Å². The molecule has 0 radical (unpaired) electrons. The summed E-state index contributed by atoms with van der Waals surface area (Å²) in [5.74, 6) is 5.93. The van der Waals surface area contributed by atoms with Crippen molar-refractivity contribution < 1.29 is 24.5 Å². The van der Waals surface area contributed by atoms with E-state index in [1.165, 1.54) is 0 Å². The summed E-state index contributed by atoms with van der Waals surface area (Å²) in [5.41, 5.74) is -0.889. The van der Waals surface area contributed by atoms with Gasteiger partial charge >= 0.3 is 6.16 Å². The number of rotatable bonds is 3. The Labute approximate surface area is 138 Å². The zero-order valence-electron chi connectivity index (χ0n) is 14.7. The fraction of sp³-hybridized carbons (Fsp3) is 0.722. The fourth-order valence-electron chi connectivity index (χ4n) is 3.28. The molecule has 1 fully saturated rings. The quantitative estimate of drug-likeness (QED) is 0.616. The van der Waals surface area contributed by atoms with E-state index >= 15 is 0 Å². The highest BCUT2D eigenvalue weighted by Crippen LogP contribution is 2.49. The van der Waals surface area contributed by atoms with Gasteiger partial charge in [0.25, 0.3) is 0 Å². The van der Waals surface area contributed by atoms with Crippen molar-refractivity contribution in [2.75, 3.05) is 13.2 Å². The maximum atomic E-state index is 12.0. The molecule has 0 aliphatic heterocycles. The Morgan fingerprint density at radius 3 is 2.61 bits per heavy atom. The molecule has 5 heteroatoms. The number of hydrogen-bond acceptors (Lipinski definition) is 5. The van der Waals surface area contributed by atoms with Gasteiger partial charge in [-0.2, -0.15) is 0 Å². The minimum Gasteiger partial charge on any atom is -0.435 e. The SMILES string of the molecule is CCOC(=O)O[C@@]1(C#CC(C)=CCO)[C@H](C)C[C@@H](O)CC1(C)C. The van der Waals surface area contributed by atoms with E-state index in [4.69, 9.17) is 14.6 Å². The lowest BCUT2D eigenvalue weighted by Gasteiger charge is -2.50. The Balaban J connectivity index is 3.29. The van der Waals surface area contributed by atoms with E-state index in [1.54, 1.807) is 19.9 Å². The summed E-state index contributed by atoms with van der Waals surface area (Å²) in [7, 11) is 0. The first-order valence-electron chi connectivity index (χ1n) is 8.03. The van der Waals surface area contributed by atoms with Crippen LogP contribution in [0, 0.1) is 23.2 Å². The first kappa shape index (κ1) is 19.5. The predicted octanol–water partition coefficient (Wildman–Crippen LogP) is 2.66. The molecule has 0 unspecified atom stereocenters. The van der Waals surface area contributed by atoms with Crippen LogP contribution in [0.2, 0.25) is 0 Å². The molecule has 0 aromatic heterocycles. The van der Waals surface area contributed by atoms with Crippen LogP contribution in [0.1, 0.15) is 47.5 Å². The lowest BCUT2D eigenvalue weighted by molar-refractivity contribution is -0.139. The summed E-state index contributed by atoms with van der Waals surface area (Å²) in [4.78, 5) is 12.0. The van der Waals surface area contributed by atoms with E-state index in [1.807, 2.05) is 20.8 Å². The van der Waals surface area contributed by atoms with E-state index in [0.717, 1.165) is 0 Å². The van der Waals surface area contributed by atoms with Crippen molar-refractivity contribution in [3.63, 3.8) is 0 Å². The Morgan fingerprint density at radius 2 is 2.09 bits per heavy atom. The van der Waals surface area contributed by atoms with Crippen LogP contribution in [0.25, 0.3) is 0 Å². The minimum atomic E-state index is -1.05. The molecule has 1 saturated carbocycles. The van der Waals surface area contributed by atoms with Crippen LogP contribution < -0.4 is 0 Å². The standard InChI is InChI=1S/C18H28O5/c1-6-22-16(21)23-18(9-7-13(2)8-10-19)14(3)11-15(20)12-17(18,4)5/h8,14-15,19-20H,6,10-12H2,1-5H3/t14-,15-,18+/m1/s1. The normalized spacial score (nSPS) is 30.1. The van der Waals surface area contributed by atoms with Crippen LogP contribution in [0.15, 0.2) is 11.6 Å². The molecule has 0 aromatic rings. The van der Waals surface area contributed by atoms with Gasteiger partial charge in [0, 0.05) is 11.3 Å². The number of carbonyl (C=O) groups excluding carboxylic acids is 1. The fourth-order valence-corrected chi connectivity index (χ4v) is 3.28. The lowest BCUT2D eigenvalue weighted by Crippen LogP contribution is -2.57. The molecule has 23 heavy (non-hydrogen) atoms. The zero-order valence-corrected chi connectivity index (χ0v) is 14.7. The van der Waals surface area contributed by atoms with Crippen molar-refractivity contribution in [3.8, 4) is 11.8 Å². The molecule has 3 atom stereocenters. The molecule has 0 saturated heterocycles. The molecule has 1 aliphatic rings. The predicted molar refractivity (Wildman–Crippen MR) is 87.6 cm³/mol. The minimum absolute atomic E-state index is 0.0933. The van der Waals surface area contributed by atoms with Gasteiger partial charge in [0.1, 0.15) is 0 Å². The molecule has 1 rings (SSSR count). The molecule has 0 heterocycles. The first-order chi connectivity index (χ1) is 10.7. The molecular weight excluding hydrogens is 296 g/mol. The Morgan fingerprint density at radius 1 is 1.43 bits per heavy atom. The van der Waals surface area contributed by atoms with Crippen molar-refractivity contribution in [2.24, 2.45) is 11.3 Å². The maximum Gasteiger partial charge on any atom is 0.509 e. The molecule has 1 aliphatic carbocycles. The van der Waals surface area contributed by atoms with Crippen LogP contribution in [0.4, 0.5) is 4.79 Å². The van der Waals surface area contributed by atoms with Crippen molar-refractivity contribution in [2.45, 2.75) is 59.2 Å². The Hall–Kier alpha value is -1.51. The van der Waals surface area contributed by atoms with Gasteiger partial charge in [-0.15, -0.1) is 0 Å². The van der Waals surface area contributed by atoms with Gasteiger partial charge in [0.05, 0.1) is 19.3 Å². The smallest absolute Gasteiger partial charge is 0.435 e. The van der Waals surface area contributed by atoms with Gasteiger partial charge in [-0.3, -0.25) is 0 Å². The average Bonchev–Trinajstić information content (AvgIpc) is 2.41. The van der Waals surface area contributed by atoms with E-state index in [-0.39, 0.29) is 19.1 Å². The topological polar surface area (TPSA) is 76.0 Å². The van der Waals surface area contributed by atoms with Crippen molar-refractivity contribution >= 4 is 6.16 Å².